The third-order valence-electron chi connectivity index (χ3n) is 4.65. The molecular weight excluding hydrogens is 367 g/mol. The Kier molecular flexibility index (Phi) is 5.30. The largest absolute Gasteiger partial charge is 0.496 e. The molecule has 3 rings (SSSR count). The van der Waals surface area contributed by atoms with E-state index < -0.39 is 11.9 Å². The second-order valence-corrected chi connectivity index (χ2v) is 6.55. The molecule has 1 unspecified atom stereocenters. The maximum absolute atomic E-state index is 13.5. The highest BCUT2D eigenvalue weighted by Crippen LogP contribution is 2.28. The zero-order valence-corrected chi connectivity index (χ0v) is 15.4. The second kappa shape index (κ2) is 7.67. The van der Waals surface area contributed by atoms with Crippen molar-refractivity contribution in [3.05, 3.63) is 53.3 Å². The van der Waals surface area contributed by atoms with Gasteiger partial charge in [-0.3, -0.25) is 9.59 Å². The van der Waals surface area contributed by atoms with Gasteiger partial charge in [0, 0.05) is 30.4 Å². The Morgan fingerprint density at radius 3 is 2.64 bits per heavy atom. The molecule has 7 nitrogen and oxygen atoms in total. The number of carboxylic acid groups (broad SMARTS) is 1. The van der Waals surface area contributed by atoms with Crippen molar-refractivity contribution >= 4 is 29.2 Å². The van der Waals surface area contributed by atoms with Gasteiger partial charge in [-0.25, -0.2) is 9.18 Å². The average Bonchev–Trinajstić information content (AvgIpc) is 3.05. The van der Waals surface area contributed by atoms with Crippen molar-refractivity contribution in [2.75, 3.05) is 23.9 Å². The number of aromatic carboxylic acids is 1. The summed E-state index contributed by atoms with van der Waals surface area (Å²) in [5, 5.41) is 11.8. The number of amides is 2. The lowest BCUT2D eigenvalue weighted by molar-refractivity contribution is -0.122. The number of aryl methyl sites for hydroxylation is 1. The summed E-state index contributed by atoms with van der Waals surface area (Å²) < 4.78 is 18.5. The third-order valence-corrected chi connectivity index (χ3v) is 4.65. The Hall–Kier alpha value is -3.42. The number of carbonyl (C=O) groups is 3. The van der Waals surface area contributed by atoms with E-state index in [-0.39, 0.29) is 41.9 Å². The van der Waals surface area contributed by atoms with E-state index in [9.17, 15) is 18.8 Å². The summed E-state index contributed by atoms with van der Waals surface area (Å²) in [7, 11) is 1.34. The van der Waals surface area contributed by atoms with E-state index in [1.54, 1.807) is 13.0 Å². The van der Waals surface area contributed by atoms with E-state index in [4.69, 9.17) is 9.84 Å². The molecule has 0 bridgehead atoms. The van der Waals surface area contributed by atoms with Crippen LogP contribution in [-0.2, 0) is 9.59 Å². The highest BCUT2D eigenvalue weighted by Gasteiger charge is 2.35. The molecule has 0 aromatic heterocycles. The first-order valence-corrected chi connectivity index (χ1v) is 8.59. The number of hydrogen-bond donors (Lipinski definition) is 2. The van der Waals surface area contributed by atoms with E-state index in [1.807, 2.05) is 0 Å². The van der Waals surface area contributed by atoms with Gasteiger partial charge in [0.15, 0.2) is 0 Å². The molecule has 1 fully saturated rings. The molecule has 0 radical (unpaired) electrons. The number of hydrogen-bond acceptors (Lipinski definition) is 4. The quantitative estimate of drug-likeness (QED) is 0.824. The van der Waals surface area contributed by atoms with Gasteiger partial charge in [0.25, 0.3) is 0 Å². The predicted molar refractivity (Wildman–Crippen MR) is 100 cm³/mol. The van der Waals surface area contributed by atoms with Gasteiger partial charge in [-0.2, -0.15) is 0 Å². The molecule has 0 spiro atoms. The smallest absolute Gasteiger partial charge is 0.339 e. The molecule has 8 heteroatoms. The van der Waals surface area contributed by atoms with Gasteiger partial charge in [0.1, 0.15) is 17.1 Å². The normalized spacial score (nSPS) is 16.2. The average molecular weight is 386 g/mol. The Balaban J connectivity index is 1.73. The van der Waals surface area contributed by atoms with Crippen LogP contribution in [0.3, 0.4) is 0 Å². The molecule has 28 heavy (non-hydrogen) atoms. The number of ether oxygens (including phenoxy) is 1. The SMILES string of the molecule is COc1cc(NC(=O)C2CC(=O)N(c3ccc(F)c(C)c3)C2)ccc1C(=O)O. The zero-order chi connectivity index (χ0) is 20.4. The molecule has 1 heterocycles. The van der Waals surface area contributed by atoms with Crippen LogP contribution >= 0.6 is 0 Å². The lowest BCUT2D eigenvalue weighted by atomic mass is 10.1. The van der Waals surface area contributed by atoms with Gasteiger partial charge in [0.05, 0.1) is 13.0 Å². The van der Waals surface area contributed by atoms with Crippen molar-refractivity contribution in [1.82, 2.24) is 0 Å². The number of anilines is 2. The molecular formula is C20H19FN2O5. The number of methoxy groups -OCH3 is 1. The highest BCUT2D eigenvalue weighted by atomic mass is 19.1. The Bertz CT molecular complexity index is 960. The first-order chi connectivity index (χ1) is 13.3. The van der Waals surface area contributed by atoms with Crippen LogP contribution in [0.15, 0.2) is 36.4 Å². The van der Waals surface area contributed by atoms with E-state index in [2.05, 4.69) is 5.32 Å². The summed E-state index contributed by atoms with van der Waals surface area (Å²) in [5.41, 5.74) is 1.32. The molecule has 0 saturated carbocycles. The van der Waals surface area contributed by atoms with Crippen LogP contribution < -0.4 is 15.0 Å². The van der Waals surface area contributed by atoms with Crippen molar-refractivity contribution < 1.29 is 28.6 Å². The number of halogens is 1. The lowest BCUT2D eigenvalue weighted by Crippen LogP contribution is -2.28. The summed E-state index contributed by atoms with van der Waals surface area (Å²) in [6.45, 7) is 1.79. The van der Waals surface area contributed by atoms with Gasteiger partial charge in [-0.1, -0.05) is 0 Å². The molecule has 2 amide bonds. The van der Waals surface area contributed by atoms with Crippen molar-refractivity contribution in [2.45, 2.75) is 13.3 Å². The lowest BCUT2D eigenvalue weighted by Gasteiger charge is -2.17. The van der Waals surface area contributed by atoms with Crippen LogP contribution in [-0.4, -0.2) is 36.5 Å². The van der Waals surface area contributed by atoms with Crippen molar-refractivity contribution in [3.63, 3.8) is 0 Å². The molecule has 1 aliphatic rings. The summed E-state index contributed by atoms with van der Waals surface area (Å²) in [6.07, 6.45) is 0.0343. The number of benzene rings is 2. The van der Waals surface area contributed by atoms with Gasteiger partial charge in [-0.05, 0) is 42.8 Å². The monoisotopic (exact) mass is 386 g/mol. The Morgan fingerprint density at radius 2 is 2.00 bits per heavy atom. The minimum atomic E-state index is -1.14. The van der Waals surface area contributed by atoms with E-state index in [0.717, 1.165) is 0 Å². The summed E-state index contributed by atoms with van der Waals surface area (Å²) in [4.78, 5) is 37.5. The number of nitrogens with one attached hydrogen (secondary N) is 1. The van der Waals surface area contributed by atoms with E-state index in [1.165, 1.54) is 42.3 Å². The van der Waals surface area contributed by atoms with Crippen LogP contribution in [0.4, 0.5) is 15.8 Å². The van der Waals surface area contributed by atoms with Crippen LogP contribution in [0.2, 0.25) is 0 Å². The maximum Gasteiger partial charge on any atom is 0.339 e. The third kappa shape index (κ3) is 3.80. The van der Waals surface area contributed by atoms with Gasteiger partial charge in [-0.15, -0.1) is 0 Å². The van der Waals surface area contributed by atoms with Gasteiger partial charge < -0.3 is 20.1 Å². The number of nitrogens with zero attached hydrogens (tertiary/aromatic N) is 1. The summed E-state index contributed by atoms with van der Waals surface area (Å²) in [6, 6.07) is 8.59. The fourth-order valence-corrected chi connectivity index (χ4v) is 3.12. The number of carboxylic acids is 1. The minimum absolute atomic E-state index is 0.0191. The van der Waals surface area contributed by atoms with Crippen LogP contribution in [0.5, 0.6) is 5.75 Å². The molecule has 1 aliphatic heterocycles. The van der Waals surface area contributed by atoms with E-state index >= 15 is 0 Å². The van der Waals surface area contributed by atoms with Gasteiger partial charge in [0.2, 0.25) is 11.8 Å². The first-order valence-electron chi connectivity index (χ1n) is 8.59. The molecule has 2 N–H and O–H groups in total. The maximum atomic E-state index is 13.5. The molecule has 1 atom stereocenters. The van der Waals surface area contributed by atoms with Crippen LogP contribution in [0.25, 0.3) is 0 Å². The molecule has 0 aliphatic carbocycles. The topological polar surface area (TPSA) is 95.9 Å². The fraction of sp³-hybridized carbons (Fsp3) is 0.250. The van der Waals surface area contributed by atoms with Crippen LogP contribution in [0, 0.1) is 18.7 Å². The summed E-state index contributed by atoms with van der Waals surface area (Å²) in [5.74, 6) is -2.53. The van der Waals surface area contributed by atoms with E-state index in [0.29, 0.717) is 16.9 Å². The predicted octanol–water partition coefficient (Wildman–Crippen LogP) is 2.83. The second-order valence-electron chi connectivity index (χ2n) is 6.55. The number of carbonyl (C=O) groups excluding carboxylic acids is 2. The molecule has 1 saturated heterocycles. The fourth-order valence-electron chi connectivity index (χ4n) is 3.12. The van der Waals surface area contributed by atoms with Crippen molar-refractivity contribution in [3.8, 4) is 5.75 Å². The first kappa shape index (κ1) is 19.3. The Morgan fingerprint density at radius 1 is 1.25 bits per heavy atom. The summed E-state index contributed by atoms with van der Waals surface area (Å²) >= 11 is 0. The molecule has 2 aromatic rings. The zero-order valence-electron chi connectivity index (χ0n) is 15.4. The standard InChI is InChI=1S/C20H19FN2O5/c1-11-7-14(4-6-16(11)21)23-10-12(8-18(23)24)19(25)22-13-3-5-15(20(26)27)17(9-13)28-2/h3-7,9,12H,8,10H2,1-2H3,(H,22,25)(H,26,27). The molecule has 2 aromatic carbocycles. The van der Waals surface area contributed by atoms with Gasteiger partial charge >= 0.3 is 5.97 Å². The molecule has 146 valence electrons. The van der Waals surface area contributed by atoms with Crippen molar-refractivity contribution in [2.24, 2.45) is 5.92 Å². The van der Waals surface area contributed by atoms with Crippen molar-refractivity contribution in [1.29, 1.82) is 0 Å². The Labute approximate surface area is 160 Å². The highest BCUT2D eigenvalue weighted by molar-refractivity contribution is 6.03. The minimum Gasteiger partial charge on any atom is -0.496 e. The van der Waals surface area contributed by atoms with Crippen LogP contribution in [0.1, 0.15) is 22.3 Å². The number of rotatable bonds is 5.